The average molecular weight is 775 g/mol. The Morgan fingerprint density at radius 2 is 0.755 bits per heavy atom. The quantitative estimate of drug-likeness (QED) is 0.0271. The zero-order valence-electron chi connectivity index (χ0n) is 33.4. The molecule has 0 radical (unpaired) electrons. The summed E-state index contributed by atoms with van der Waals surface area (Å²) in [5.41, 5.74) is 0. The van der Waals surface area contributed by atoms with Crippen molar-refractivity contribution in [1.82, 2.24) is 4.90 Å². The van der Waals surface area contributed by atoms with Crippen LogP contribution in [0.2, 0.25) is 0 Å². The summed E-state index contributed by atoms with van der Waals surface area (Å²) in [7, 11) is 0. The molecule has 0 aliphatic rings. The summed E-state index contributed by atoms with van der Waals surface area (Å²) in [4.78, 5) is 28.4. The Balaban J connectivity index is 0. The molecule has 49 heavy (non-hydrogen) atoms. The van der Waals surface area contributed by atoms with E-state index >= 15 is 0 Å². The fourth-order valence-corrected chi connectivity index (χ4v) is 6.75. The van der Waals surface area contributed by atoms with E-state index in [4.69, 9.17) is 9.47 Å². The van der Waals surface area contributed by atoms with Gasteiger partial charge < -0.3 is 21.3 Å². The molecule has 0 aromatic rings. The van der Waals surface area contributed by atoms with Crippen LogP contribution in [0.15, 0.2) is 0 Å². The monoisotopic (exact) mass is 777 g/mol. The number of rotatable bonds is 38. The first-order chi connectivity index (χ1) is 23.5. The molecule has 0 N–H and O–H groups in total. The minimum Gasteiger partial charge on any atom is -0.465 e. The average Bonchev–Trinajstić information content (AvgIpc) is 3.08. The van der Waals surface area contributed by atoms with Gasteiger partial charge in [-0.1, -0.05) is 156 Å². The van der Waals surface area contributed by atoms with Gasteiger partial charge in [-0.25, -0.2) is 0 Å². The Morgan fingerprint density at radius 1 is 0.449 bits per heavy atom. The molecule has 0 saturated carbocycles. The molecule has 0 fully saturated rings. The van der Waals surface area contributed by atoms with Crippen molar-refractivity contribution in [2.75, 3.05) is 32.8 Å². The first-order valence-corrected chi connectivity index (χ1v) is 21.4. The molecule has 2 atom stereocenters. The second kappa shape index (κ2) is 40.4. The van der Waals surface area contributed by atoms with E-state index in [1.807, 2.05) is 0 Å². The van der Waals surface area contributed by atoms with Crippen LogP contribution in [0.1, 0.15) is 214 Å². The Kier molecular flexibility index (Phi) is 41.8. The third kappa shape index (κ3) is 33.2. The summed E-state index contributed by atoms with van der Waals surface area (Å²) in [6.07, 6.45) is 33.6. The smallest absolute Gasteiger partial charge is 0.308 e. The van der Waals surface area contributed by atoms with Gasteiger partial charge >= 0.3 is 11.9 Å². The minimum absolute atomic E-state index is 0. The van der Waals surface area contributed by atoms with Crippen LogP contribution < -0.4 is 0 Å². The number of carbonyl (C=O) groups excluding carboxylic acids is 2. The van der Waals surface area contributed by atoms with Crippen LogP contribution in [0, 0.1) is 18.8 Å². The van der Waals surface area contributed by atoms with Crippen LogP contribution in [0.3, 0.4) is 0 Å². The van der Waals surface area contributed by atoms with E-state index in [9.17, 15) is 9.59 Å². The van der Waals surface area contributed by atoms with E-state index in [0.717, 1.165) is 103 Å². The molecule has 0 bridgehead atoms. The van der Waals surface area contributed by atoms with Gasteiger partial charge in [0.15, 0.2) is 0 Å². The number of esters is 2. The van der Waals surface area contributed by atoms with Crippen molar-refractivity contribution < 1.29 is 40.1 Å². The van der Waals surface area contributed by atoms with Crippen LogP contribution in [-0.4, -0.2) is 49.7 Å². The second-order valence-corrected chi connectivity index (χ2v) is 14.6. The van der Waals surface area contributed by atoms with Crippen molar-refractivity contribution in [2.45, 2.75) is 214 Å². The van der Waals surface area contributed by atoms with Gasteiger partial charge in [0, 0.05) is 21.1 Å². The van der Waals surface area contributed by atoms with Gasteiger partial charge in [-0.05, 0) is 71.0 Å². The van der Waals surface area contributed by atoms with E-state index in [2.05, 4.69) is 39.5 Å². The standard InChI is InChI=1S/C43H84NO4.Mo/c1-6-11-15-19-21-25-33-40(31-23-17-13-8-3)42(45)47-38-29-27-36-44(35-10-5)37-28-30-39-48-43(46)41(32-24-18-14-9-4)34-26-22-20-16-12-7-2;/h40-41H,5-39H2,1-4H3;/q-1;. The first-order valence-electron chi connectivity index (χ1n) is 21.4. The van der Waals surface area contributed by atoms with E-state index in [1.54, 1.807) is 0 Å². The van der Waals surface area contributed by atoms with Gasteiger partial charge in [0.05, 0.1) is 25.0 Å². The summed E-state index contributed by atoms with van der Waals surface area (Å²) < 4.78 is 11.6. The van der Waals surface area contributed by atoms with Crippen molar-refractivity contribution in [1.29, 1.82) is 0 Å². The first kappa shape index (κ1) is 50.7. The van der Waals surface area contributed by atoms with Gasteiger partial charge in [0.25, 0.3) is 0 Å². The van der Waals surface area contributed by atoms with Crippen LogP contribution in [0.4, 0.5) is 0 Å². The number of unbranched alkanes of at least 4 members (excludes halogenated alkanes) is 18. The molecule has 5 nitrogen and oxygen atoms in total. The molecule has 0 aromatic heterocycles. The maximum absolute atomic E-state index is 13.0. The number of ether oxygens (including phenoxy) is 2. The number of hydrogen-bond donors (Lipinski definition) is 0. The third-order valence-electron chi connectivity index (χ3n) is 9.99. The molecule has 0 saturated heterocycles. The molecular weight excluding hydrogens is 690 g/mol. The zero-order chi connectivity index (χ0) is 35.3. The number of hydrogen-bond acceptors (Lipinski definition) is 5. The van der Waals surface area contributed by atoms with Crippen LogP contribution in [0.5, 0.6) is 0 Å². The molecule has 0 spiro atoms. The summed E-state index contributed by atoms with van der Waals surface area (Å²) >= 11 is 0. The predicted octanol–water partition coefficient (Wildman–Crippen LogP) is 12.8. The van der Waals surface area contributed by atoms with E-state index in [0.29, 0.717) is 13.2 Å². The van der Waals surface area contributed by atoms with Crippen molar-refractivity contribution >= 4 is 11.9 Å². The van der Waals surface area contributed by atoms with Gasteiger partial charge in [0.2, 0.25) is 0 Å². The van der Waals surface area contributed by atoms with E-state index in [1.165, 1.54) is 103 Å². The van der Waals surface area contributed by atoms with Gasteiger partial charge in [-0.3, -0.25) is 9.59 Å². The summed E-state index contributed by atoms with van der Waals surface area (Å²) in [5.74, 6) is 0.243. The van der Waals surface area contributed by atoms with Gasteiger partial charge in [-0.2, -0.15) is 6.42 Å². The van der Waals surface area contributed by atoms with Crippen molar-refractivity contribution in [3.05, 3.63) is 6.92 Å². The Hall–Kier alpha value is -0.412. The largest absolute Gasteiger partial charge is 0.465 e. The second-order valence-electron chi connectivity index (χ2n) is 14.6. The Bertz CT molecular complexity index is 637. The Labute approximate surface area is 321 Å². The molecule has 292 valence electrons. The van der Waals surface area contributed by atoms with Crippen molar-refractivity contribution in [3.63, 3.8) is 0 Å². The maximum atomic E-state index is 13.0. The molecule has 0 rings (SSSR count). The molecule has 0 aromatic carbocycles. The molecule has 0 amide bonds. The van der Waals surface area contributed by atoms with Crippen LogP contribution >= 0.6 is 0 Å². The molecule has 6 heteroatoms. The van der Waals surface area contributed by atoms with E-state index in [-0.39, 0.29) is 44.8 Å². The number of carbonyl (C=O) groups is 2. The van der Waals surface area contributed by atoms with Gasteiger partial charge in [-0.15, -0.1) is 0 Å². The molecular formula is C43H84MoNO4-. The predicted molar refractivity (Wildman–Crippen MR) is 207 cm³/mol. The molecule has 0 aliphatic carbocycles. The topological polar surface area (TPSA) is 55.8 Å². The summed E-state index contributed by atoms with van der Waals surface area (Å²) in [6.45, 7) is 17.1. The number of nitrogens with zero attached hydrogens (tertiary/aromatic N) is 1. The van der Waals surface area contributed by atoms with Gasteiger partial charge in [0.1, 0.15) is 0 Å². The maximum Gasteiger partial charge on any atom is 0.308 e. The summed E-state index contributed by atoms with van der Waals surface area (Å²) in [5, 5.41) is 0. The molecule has 0 heterocycles. The Morgan fingerprint density at radius 3 is 1.08 bits per heavy atom. The molecule has 0 aliphatic heterocycles. The third-order valence-corrected chi connectivity index (χ3v) is 9.99. The molecule has 2 unspecified atom stereocenters. The zero-order valence-corrected chi connectivity index (χ0v) is 35.4. The normalized spacial score (nSPS) is 12.5. The van der Waals surface area contributed by atoms with Crippen LogP contribution in [0.25, 0.3) is 0 Å². The van der Waals surface area contributed by atoms with Crippen molar-refractivity contribution in [2.24, 2.45) is 11.8 Å². The van der Waals surface area contributed by atoms with E-state index < -0.39 is 0 Å². The van der Waals surface area contributed by atoms with Crippen LogP contribution in [-0.2, 0) is 40.1 Å². The fraction of sp³-hybridized carbons (Fsp3) is 0.930. The van der Waals surface area contributed by atoms with Crippen molar-refractivity contribution in [3.8, 4) is 0 Å². The SMILES string of the molecule is [CH2-]CCN(CCCCOC(=O)C(CCCCCC)CCCCCCCC)CCCCOC(=O)C(CCCCCC)CCCCCCCC.[Mo]. The minimum atomic E-state index is 0. The summed E-state index contributed by atoms with van der Waals surface area (Å²) in [6, 6.07) is 0. The fourth-order valence-electron chi connectivity index (χ4n) is 6.75.